The Morgan fingerprint density at radius 2 is 1.86 bits per heavy atom. The molecule has 0 spiro atoms. The molecule has 2 aliphatic heterocycles. The Morgan fingerprint density at radius 3 is 2.50 bits per heavy atom. The van der Waals surface area contributed by atoms with Gasteiger partial charge in [0.2, 0.25) is 0 Å². The highest BCUT2D eigenvalue weighted by Crippen LogP contribution is 2.31. The van der Waals surface area contributed by atoms with Crippen LogP contribution in [0.3, 0.4) is 0 Å². The fourth-order valence-corrected chi connectivity index (χ4v) is 3.51. The number of hydrogen-bond acceptors (Lipinski definition) is 5. The highest BCUT2D eigenvalue weighted by atomic mass is 16.5. The number of benzene rings is 1. The summed E-state index contributed by atoms with van der Waals surface area (Å²) in [4.78, 5) is 5.07. The molecule has 2 heterocycles. The van der Waals surface area contributed by atoms with E-state index in [0.29, 0.717) is 0 Å². The van der Waals surface area contributed by atoms with Crippen LogP contribution in [0, 0.1) is 0 Å². The van der Waals surface area contributed by atoms with Crippen LogP contribution in [0.2, 0.25) is 0 Å². The standard InChI is InChI=1S/C17H27N3O2/c1-18-16-4-3-15(13-17(16)21-2)19-7-5-14(6-8-19)20-9-11-22-12-10-20/h3-4,13-14,18H,5-12H2,1-2H3. The van der Waals surface area contributed by atoms with Gasteiger partial charge in [-0.1, -0.05) is 0 Å². The molecule has 0 bridgehead atoms. The Kier molecular flexibility index (Phi) is 5.05. The average Bonchev–Trinajstić information content (AvgIpc) is 2.62. The number of hydrogen-bond donors (Lipinski definition) is 1. The summed E-state index contributed by atoms with van der Waals surface area (Å²) in [5.74, 6) is 0.912. The van der Waals surface area contributed by atoms with E-state index in [2.05, 4.69) is 33.3 Å². The summed E-state index contributed by atoms with van der Waals surface area (Å²) in [6.07, 6.45) is 2.46. The van der Waals surface area contributed by atoms with Crippen LogP contribution in [0.4, 0.5) is 11.4 Å². The number of rotatable bonds is 4. The van der Waals surface area contributed by atoms with E-state index in [-0.39, 0.29) is 0 Å². The lowest BCUT2D eigenvalue weighted by molar-refractivity contribution is 0.0115. The minimum absolute atomic E-state index is 0.721. The van der Waals surface area contributed by atoms with Crippen molar-refractivity contribution >= 4 is 11.4 Å². The van der Waals surface area contributed by atoms with Crippen LogP contribution in [-0.4, -0.2) is 64.5 Å². The van der Waals surface area contributed by atoms with E-state index in [1.165, 1.54) is 18.5 Å². The second kappa shape index (κ2) is 7.20. The van der Waals surface area contributed by atoms with Gasteiger partial charge in [-0.05, 0) is 25.0 Å². The number of nitrogens with zero attached hydrogens (tertiary/aromatic N) is 2. The van der Waals surface area contributed by atoms with Crippen molar-refractivity contribution < 1.29 is 9.47 Å². The molecule has 2 saturated heterocycles. The zero-order chi connectivity index (χ0) is 15.4. The van der Waals surface area contributed by atoms with E-state index in [9.17, 15) is 0 Å². The van der Waals surface area contributed by atoms with Crippen molar-refractivity contribution in [2.75, 3.05) is 63.8 Å². The average molecular weight is 305 g/mol. The van der Waals surface area contributed by atoms with Gasteiger partial charge in [0.05, 0.1) is 26.0 Å². The molecule has 1 aromatic carbocycles. The molecule has 122 valence electrons. The molecule has 1 aromatic rings. The van der Waals surface area contributed by atoms with E-state index in [1.54, 1.807) is 7.11 Å². The highest BCUT2D eigenvalue weighted by Gasteiger charge is 2.26. The van der Waals surface area contributed by atoms with E-state index in [1.807, 2.05) is 7.05 Å². The number of nitrogens with one attached hydrogen (secondary N) is 1. The predicted octanol–water partition coefficient (Wildman–Crippen LogP) is 2.04. The molecule has 0 saturated carbocycles. The van der Waals surface area contributed by atoms with Crippen LogP contribution in [-0.2, 0) is 4.74 Å². The van der Waals surface area contributed by atoms with Crippen molar-refractivity contribution in [3.05, 3.63) is 18.2 Å². The molecule has 22 heavy (non-hydrogen) atoms. The third kappa shape index (κ3) is 3.31. The zero-order valence-electron chi connectivity index (χ0n) is 13.7. The molecule has 1 N–H and O–H groups in total. The van der Waals surface area contributed by atoms with Crippen LogP contribution in [0.1, 0.15) is 12.8 Å². The first-order valence-electron chi connectivity index (χ1n) is 8.24. The maximum Gasteiger partial charge on any atom is 0.144 e. The van der Waals surface area contributed by atoms with Crippen molar-refractivity contribution in [3.63, 3.8) is 0 Å². The summed E-state index contributed by atoms with van der Waals surface area (Å²) >= 11 is 0. The predicted molar refractivity (Wildman–Crippen MR) is 90.2 cm³/mol. The van der Waals surface area contributed by atoms with E-state index >= 15 is 0 Å². The summed E-state index contributed by atoms with van der Waals surface area (Å²) < 4.78 is 10.9. The molecular weight excluding hydrogens is 278 g/mol. The van der Waals surface area contributed by atoms with Gasteiger partial charge in [-0.25, -0.2) is 0 Å². The van der Waals surface area contributed by atoms with Gasteiger partial charge in [-0.2, -0.15) is 0 Å². The summed E-state index contributed by atoms with van der Waals surface area (Å²) in [7, 11) is 3.65. The maximum atomic E-state index is 5.47. The lowest BCUT2D eigenvalue weighted by Gasteiger charge is -2.40. The van der Waals surface area contributed by atoms with Crippen molar-refractivity contribution in [1.82, 2.24) is 4.90 Å². The zero-order valence-corrected chi connectivity index (χ0v) is 13.7. The third-order valence-electron chi connectivity index (χ3n) is 4.85. The quantitative estimate of drug-likeness (QED) is 0.921. The van der Waals surface area contributed by atoms with Gasteiger partial charge in [0, 0.05) is 51.0 Å². The molecule has 0 aliphatic carbocycles. The molecule has 3 rings (SSSR count). The first-order chi connectivity index (χ1) is 10.8. The molecular formula is C17H27N3O2. The lowest BCUT2D eigenvalue weighted by Crippen LogP contribution is -2.49. The topological polar surface area (TPSA) is 37.0 Å². The number of piperidine rings is 1. The SMILES string of the molecule is CNc1ccc(N2CCC(N3CCOCC3)CC2)cc1OC. The van der Waals surface area contributed by atoms with Crippen LogP contribution in [0.15, 0.2) is 18.2 Å². The Morgan fingerprint density at radius 1 is 1.14 bits per heavy atom. The van der Waals surface area contributed by atoms with Crippen molar-refractivity contribution in [1.29, 1.82) is 0 Å². The van der Waals surface area contributed by atoms with Gasteiger partial charge in [0.1, 0.15) is 5.75 Å². The smallest absolute Gasteiger partial charge is 0.144 e. The van der Waals surface area contributed by atoms with Gasteiger partial charge >= 0.3 is 0 Å². The van der Waals surface area contributed by atoms with Gasteiger partial charge < -0.3 is 19.7 Å². The summed E-state index contributed by atoms with van der Waals surface area (Å²) in [5.41, 5.74) is 2.30. The van der Waals surface area contributed by atoms with E-state index in [0.717, 1.165) is 56.9 Å². The van der Waals surface area contributed by atoms with E-state index < -0.39 is 0 Å². The Bertz CT molecular complexity index is 481. The third-order valence-corrected chi connectivity index (χ3v) is 4.85. The van der Waals surface area contributed by atoms with Crippen molar-refractivity contribution in [2.45, 2.75) is 18.9 Å². The van der Waals surface area contributed by atoms with Gasteiger partial charge in [0.25, 0.3) is 0 Å². The van der Waals surface area contributed by atoms with Crippen LogP contribution in [0.25, 0.3) is 0 Å². The molecule has 5 nitrogen and oxygen atoms in total. The Labute approximate surface area is 133 Å². The number of ether oxygens (including phenoxy) is 2. The molecule has 5 heteroatoms. The fourth-order valence-electron chi connectivity index (χ4n) is 3.51. The lowest BCUT2D eigenvalue weighted by atomic mass is 10.0. The molecule has 0 aromatic heterocycles. The number of methoxy groups -OCH3 is 1. The minimum Gasteiger partial charge on any atom is -0.495 e. The normalized spacial score (nSPS) is 20.9. The molecule has 0 unspecified atom stereocenters. The van der Waals surface area contributed by atoms with Crippen molar-refractivity contribution in [3.8, 4) is 5.75 Å². The Balaban J connectivity index is 1.61. The van der Waals surface area contributed by atoms with Gasteiger partial charge in [-0.3, -0.25) is 4.90 Å². The van der Waals surface area contributed by atoms with Crippen LogP contribution < -0.4 is 15.0 Å². The highest BCUT2D eigenvalue weighted by molar-refractivity contribution is 5.64. The molecule has 0 radical (unpaired) electrons. The van der Waals surface area contributed by atoms with E-state index in [4.69, 9.17) is 9.47 Å². The molecule has 2 aliphatic rings. The summed E-state index contributed by atoms with van der Waals surface area (Å²) in [6.45, 7) is 6.20. The number of morpholine rings is 1. The van der Waals surface area contributed by atoms with Gasteiger partial charge in [-0.15, -0.1) is 0 Å². The Hall–Kier alpha value is -1.46. The van der Waals surface area contributed by atoms with Gasteiger partial charge in [0.15, 0.2) is 0 Å². The number of anilines is 2. The van der Waals surface area contributed by atoms with Crippen molar-refractivity contribution in [2.24, 2.45) is 0 Å². The first-order valence-corrected chi connectivity index (χ1v) is 8.24. The fraction of sp³-hybridized carbons (Fsp3) is 0.647. The first kappa shape index (κ1) is 15.4. The summed E-state index contributed by atoms with van der Waals surface area (Å²) in [6, 6.07) is 7.14. The largest absolute Gasteiger partial charge is 0.495 e. The second-order valence-electron chi connectivity index (χ2n) is 6.00. The summed E-state index contributed by atoms with van der Waals surface area (Å²) in [5, 5.41) is 3.16. The van der Waals surface area contributed by atoms with Crippen LogP contribution >= 0.6 is 0 Å². The second-order valence-corrected chi connectivity index (χ2v) is 6.00. The molecule has 0 atom stereocenters. The monoisotopic (exact) mass is 305 g/mol. The maximum absolute atomic E-state index is 5.47. The molecule has 2 fully saturated rings. The molecule has 0 amide bonds. The van der Waals surface area contributed by atoms with Crippen LogP contribution in [0.5, 0.6) is 5.75 Å². The minimum atomic E-state index is 0.721.